The third-order valence-electron chi connectivity index (χ3n) is 3.78. The lowest BCUT2D eigenvalue weighted by Crippen LogP contribution is -2.23. The average Bonchev–Trinajstić information content (AvgIpc) is 2.98. The van der Waals surface area contributed by atoms with E-state index in [1.54, 1.807) is 50.2 Å². The Kier molecular flexibility index (Phi) is 5.39. The maximum absolute atomic E-state index is 12.4. The van der Waals surface area contributed by atoms with Crippen LogP contribution in [0.3, 0.4) is 0 Å². The first kappa shape index (κ1) is 17.9. The predicted molar refractivity (Wildman–Crippen MR) is 101 cm³/mol. The molecule has 0 spiro atoms. The Bertz CT molecular complexity index is 849. The molecule has 0 bridgehead atoms. The number of methoxy groups -OCH3 is 1. The molecule has 1 aliphatic heterocycles. The summed E-state index contributed by atoms with van der Waals surface area (Å²) in [4.78, 5) is 29.9. The quantitative estimate of drug-likeness (QED) is 0.638. The van der Waals surface area contributed by atoms with Gasteiger partial charge in [0.1, 0.15) is 5.75 Å². The van der Waals surface area contributed by atoms with E-state index >= 15 is 0 Å². The molecule has 0 saturated carbocycles. The fourth-order valence-corrected chi connectivity index (χ4v) is 4.44. The zero-order chi connectivity index (χ0) is 18.0. The van der Waals surface area contributed by atoms with Crippen LogP contribution in [0, 0.1) is 0 Å². The van der Waals surface area contributed by atoms with Gasteiger partial charge in [0.2, 0.25) is 5.91 Å². The maximum atomic E-state index is 12.4. The minimum absolute atomic E-state index is 0.0302. The number of nitrogens with one attached hydrogen (secondary N) is 1. The first-order valence-corrected chi connectivity index (χ1v) is 9.67. The van der Waals surface area contributed by atoms with Gasteiger partial charge in [-0.3, -0.25) is 14.2 Å². The molecule has 1 aromatic carbocycles. The largest absolute Gasteiger partial charge is 0.497 e. The predicted octanol–water partition coefficient (Wildman–Crippen LogP) is 2.56. The van der Waals surface area contributed by atoms with Crippen molar-refractivity contribution >= 4 is 35.1 Å². The van der Waals surface area contributed by atoms with Gasteiger partial charge in [-0.25, -0.2) is 4.98 Å². The molecule has 2 aromatic rings. The second-order valence-electron chi connectivity index (χ2n) is 5.73. The van der Waals surface area contributed by atoms with E-state index in [1.807, 2.05) is 0 Å². The van der Waals surface area contributed by atoms with Gasteiger partial charge in [0, 0.05) is 24.4 Å². The Morgan fingerprint density at radius 1 is 1.44 bits per heavy atom. The van der Waals surface area contributed by atoms with Crippen LogP contribution in [0.5, 0.6) is 5.75 Å². The zero-order valence-electron chi connectivity index (χ0n) is 14.2. The van der Waals surface area contributed by atoms with Gasteiger partial charge in [0.25, 0.3) is 5.56 Å². The molecule has 2 heterocycles. The molecule has 3 rings (SSSR count). The number of fused-ring (bicyclic) bond motifs is 1. The van der Waals surface area contributed by atoms with Crippen LogP contribution in [0.15, 0.2) is 39.1 Å². The first-order chi connectivity index (χ1) is 12.0. The Morgan fingerprint density at radius 2 is 2.16 bits per heavy atom. The van der Waals surface area contributed by atoms with E-state index in [1.165, 1.54) is 16.3 Å². The molecule has 1 aromatic heterocycles. The smallest absolute Gasteiger partial charge is 0.267 e. The highest BCUT2D eigenvalue weighted by atomic mass is 32.2. The molecule has 0 saturated heterocycles. The summed E-state index contributed by atoms with van der Waals surface area (Å²) in [6.45, 7) is 2.08. The average molecular weight is 377 g/mol. The number of hydrogen-bond acceptors (Lipinski definition) is 6. The summed E-state index contributed by atoms with van der Waals surface area (Å²) in [6.07, 6.45) is 0.793. The zero-order valence-corrected chi connectivity index (χ0v) is 15.9. The third kappa shape index (κ3) is 4.01. The summed E-state index contributed by atoms with van der Waals surface area (Å²) in [5.74, 6) is 0.776. The lowest BCUT2D eigenvalue weighted by molar-refractivity contribution is -0.113. The highest BCUT2D eigenvalue weighted by molar-refractivity contribution is 8.00. The number of benzene rings is 1. The van der Waals surface area contributed by atoms with Crippen LogP contribution in [0.4, 0.5) is 5.69 Å². The van der Waals surface area contributed by atoms with Crippen molar-refractivity contribution in [2.24, 2.45) is 7.05 Å². The Hall–Kier alpha value is -1.93. The Balaban J connectivity index is 1.65. The van der Waals surface area contributed by atoms with E-state index in [9.17, 15) is 9.59 Å². The number of aromatic nitrogens is 2. The lowest BCUT2D eigenvalue weighted by Gasteiger charge is -2.09. The lowest BCUT2D eigenvalue weighted by atomic mass is 10.2. The molecule has 1 aliphatic rings. The van der Waals surface area contributed by atoms with Crippen molar-refractivity contribution in [3.8, 4) is 5.75 Å². The number of rotatable bonds is 5. The van der Waals surface area contributed by atoms with Crippen LogP contribution < -0.4 is 15.6 Å². The summed E-state index contributed by atoms with van der Waals surface area (Å²) >= 11 is 2.84. The molecular formula is C17H19N3O3S2. The van der Waals surface area contributed by atoms with E-state index in [4.69, 9.17) is 4.74 Å². The Labute approximate surface area is 154 Å². The van der Waals surface area contributed by atoms with Crippen LogP contribution in [-0.2, 0) is 18.3 Å². The number of ether oxygens (including phenoxy) is 1. The van der Waals surface area contributed by atoms with E-state index in [-0.39, 0.29) is 17.2 Å². The fourth-order valence-electron chi connectivity index (χ4n) is 2.51. The summed E-state index contributed by atoms with van der Waals surface area (Å²) in [5, 5.41) is 3.76. The molecular weight excluding hydrogens is 358 g/mol. The van der Waals surface area contributed by atoms with Crippen molar-refractivity contribution in [1.82, 2.24) is 9.55 Å². The van der Waals surface area contributed by atoms with Crippen LogP contribution in [0.1, 0.15) is 12.6 Å². The van der Waals surface area contributed by atoms with Crippen molar-refractivity contribution in [2.45, 2.75) is 28.6 Å². The first-order valence-electron chi connectivity index (χ1n) is 7.81. The normalized spacial score (nSPS) is 15.7. The van der Waals surface area contributed by atoms with Gasteiger partial charge in [0.15, 0.2) is 5.16 Å². The maximum Gasteiger partial charge on any atom is 0.267 e. The van der Waals surface area contributed by atoms with Gasteiger partial charge in [-0.1, -0.05) is 18.7 Å². The number of thioether (sulfide) groups is 2. The van der Waals surface area contributed by atoms with Crippen LogP contribution in [0.2, 0.25) is 0 Å². The molecule has 6 nitrogen and oxygen atoms in total. The third-order valence-corrected chi connectivity index (χ3v) is 6.03. The molecule has 25 heavy (non-hydrogen) atoms. The fraction of sp³-hybridized carbons (Fsp3) is 0.353. The van der Waals surface area contributed by atoms with E-state index in [2.05, 4.69) is 17.2 Å². The SMILES string of the molecule is COc1ccc(NC(=O)CSc2nc3c(c(=O)n2C)S[C@@H](C)C3)cc1. The van der Waals surface area contributed by atoms with Gasteiger partial charge < -0.3 is 10.1 Å². The molecule has 8 heteroatoms. The highest BCUT2D eigenvalue weighted by Crippen LogP contribution is 2.33. The van der Waals surface area contributed by atoms with E-state index in [0.717, 1.165) is 22.8 Å². The minimum atomic E-state index is -0.146. The topological polar surface area (TPSA) is 73.2 Å². The number of carbonyl (C=O) groups is 1. The van der Waals surface area contributed by atoms with Gasteiger partial charge in [0.05, 0.1) is 23.5 Å². The highest BCUT2D eigenvalue weighted by Gasteiger charge is 2.25. The van der Waals surface area contributed by atoms with Gasteiger partial charge in [-0.05, 0) is 24.3 Å². The number of hydrogen-bond donors (Lipinski definition) is 1. The number of anilines is 1. The van der Waals surface area contributed by atoms with Gasteiger partial charge in [-0.2, -0.15) is 0 Å². The van der Waals surface area contributed by atoms with Crippen LogP contribution >= 0.6 is 23.5 Å². The van der Waals surface area contributed by atoms with Crippen molar-refractivity contribution < 1.29 is 9.53 Å². The molecule has 1 amide bonds. The molecule has 0 aliphatic carbocycles. The van der Waals surface area contributed by atoms with Crippen molar-refractivity contribution in [3.63, 3.8) is 0 Å². The molecule has 0 fully saturated rings. The number of nitrogens with zero attached hydrogens (tertiary/aromatic N) is 2. The van der Waals surface area contributed by atoms with Crippen molar-refractivity contribution in [2.75, 3.05) is 18.2 Å². The summed E-state index contributed by atoms with van der Waals surface area (Å²) in [5.41, 5.74) is 1.52. The van der Waals surface area contributed by atoms with Crippen molar-refractivity contribution in [1.29, 1.82) is 0 Å². The second kappa shape index (κ2) is 7.53. The van der Waals surface area contributed by atoms with Gasteiger partial charge in [-0.15, -0.1) is 11.8 Å². The summed E-state index contributed by atoms with van der Waals surface area (Å²) < 4.78 is 6.61. The number of amides is 1. The van der Waals surface area contributed by atoms with E-state index < -0.39 is 0 Å². The van der Waals surface area contributed by atoms with Crippen LogP contribution in [0.25, 0.3) is 0 Å². The summed E-state index contributed by atoms with van der Waals surface area (Å²) in [7, 11) is 3.29. The van der Waals surface area contributed by atoms with Gasteiger partial charge >= 0.3 is 0 Å². The Morgan fingerprint density at radius 3 is 2.84 bits per heavy atom. The second-order valence-corrected chi connectivity index (χ2v) is 8.12. The standard InChI is InChI=1S/C17H19N3O3S2/c1-10-8-13-15(25-10)16(22)20(2)17(19-13)24-9-14(21)18-11-4-6-12(23-3)7-5-11/h4-7,10H,8-9H2,1-3H3,(H,18,21)/t10-/m0/s1. The summed E-state index contributed by atoms with van der Waals surface area (Å²) in [6, 6.07) is 7.13. The monoisotopic (exact) mass is 377 g/mol. The molecule has 0 unspecified atom stereocenters. The molecule has 0 radical (unpaired) electrons. The minimum Gasteiger partial charge on any atom is -0.497 e. The van der Waals surface area contributed by atoms with Crippen LogP contribution in [-0.4, -0.2) is 33.6 Å². The molecule has 132 valence electrons. The van der Waals surface area contributed by atoms with E-state index in [0.29, 0.717) is 16.1 Å². The molecule has 1 N–H and O–H groups in total. The number of carbonyl (C=O) groups excluding carboxylic acids is 1. The van der Waals surface area contributed by atoms with Crippen molar-refractivity contribution in [3.05, 3.63) is 40.3 Å². The molecule has 1 atom stereocenters.